The molecular formula is C37H56N8O10. The lowest BCUT2D eigenvalue weighted by atomic mass is 9.98. The van der Waals surface area contributed by atoms with Gasteiger partial charge in [-0.25, -0.2) is 4.79 Å². The number of primary amides is 1. The molecule has 6 atom stereocenters. The van der Waals surface area contributed by atoms with Crippen molar-refractivity contribution in [3.63, 3.8) is 0 Å². The molecule has 0 aliphatic carbocycles. The Morgan fingerprint density at radius 3 is 1.60 bits per heavy atom. The van der Waals surface area contributed by atoms with Crippen LogP contribution in [0.5, 0.6) is 0 Å². The molecule has 0 heterocycles. The Bertz CT molecular complexity index is 1560. The summed E-state index contributed by atoms with van der Waals surface area (Å²) in [7, 11) is 0. The summed E-state index contributed by atoms with van der Waals surface area (Å²) in [5.41, 5.74) is 6.11. The lowest BCUT2D eigenvalue weighted by molar-refractivity contribution is -0.141. The molecule has 0 bridgehead atoms. The number of nitrogens with two attached hydrogens (primary N) is 1. The second-order valence-corrected chi connectivity index (χ2v) is 14.2. The third-order valence-electron chi connectivity index (χ3n) is 8.09. The van der Waals surface area contributed by atoms with E-state index < -0.39 is 102 Å². The normalized spacial score (nSPS) is 14.5. The fraction of sp³-hybridized carbons (Fsp3) is 0.541. The van der Waals surface area contributed by atoms with Crippen molar-refractivity contribution in [2.24, 2.45) is 23.5 Å². The van der Waals surface area contributed by atoms with Gasteiger partial charge in [-0.3, -0.25) is 38.4 Å². The Balaban J connectivity index is 2.71. The number of carboxylic acid groups (broad SMARTS) is 1. The number of amides is 8. The minimum atomic E-state index is -1.25. The lowest BCUT2D eigenvalue weighted by Crippen LogP contribution is -2.59. The van der Waals surface area contributed by atoms with Crippen LogP contribution >= 0.6 is 0 Å². The molecule has 1 aromatic rings. The number of hydrogen-bond donors (Lipinski definition) is 9. The zero-order valence-corrected chi connectivity index (χ0v) is 32.6. The van der Waals surface area contributed by atoms with Crippen LogP contribution in [0.4, 0.5) is 0 Å². The van der Waals surface area contributed by atoms with Crippen molar-refractivity contribution in [2.75, 3.05) is 6.54 Å². The molecule has 1 rings (SSSR count). The van der Waals surface area contributed by atoms with Gasteiger partial charge >= 0.3 is 5.97 Å². The van der Waals surface area contributed by atoms with Gasteiger partial charge in [-0.15, -0.1) is 0 Å². The average Bonchev–Trinajstić information content (AvgIpc) is 3.09. The molecule has 10 N–H and O–H groups in total. The number of aliphatic carboxylic acids is 1. The second kappa shape index (κ2) is 23.1. The predicted octanol–water partition coefficient (Wildman–Crippen LogP) is -1.22. The number of rotatable bonds is 22. The van der Waals surface area contributed by atoms with Gasteiger partial charge < -0.3 is 48.1 Å². The largest absolute Gasteiger partial charge is 0.480 e. The standard InChI is InChI=1S/C37H56N8O10/c1-19(2)16-25(35(52)45-31(21(5)6)36(53)44-30(20(3)4)32(38)49)43-34(51)23(8)41-28(47)15-14-27(46)40-22(7)33(50)39-18-29(48)42-26(37(54)55)17-24-12-10-9-11-13-24/h9-15,19-23,25-26,30-31H,16-18H2,1-8H3,(H2,38,49)(H,39,50)(H,40,46)(H,41,47)(H,42,48)(H,43,51)(H,44,53)(H,45,52)(H,54,55). The molecule has 0 aliphatic rings. The number of carboxylic acids is 1. The van der Waals surface area contributed by atoms with Crippen molar-refractivity contribution in [1.29, 1.82) is 0 Å². The van der Waals surface area contributed by atoms with Gasteiger partial charge in [0.15, 0.2) is 0 Å². The lowest BCUT2D eigenvalue weighted by Gasteiger charge is -2.28. The maximum atomic E-state index is 13.3. The molecule has 18 heteroatoms. The van der Waals surface area contributed by atoms with Crippen molar-refractivity contribution in [1.82, 2.24) is 37.2 Å². The SMILES string of the molecule is CC(C)CC(NC(=O)C(C)NC(=O)C=CC(=O)NC(C)C(=O)NCC(=O)NC(Cc1ccccc1)C(=O)O)C(=O)NC(C(=O)NC(C(N)=O)C(C)C)C(C)C. The van der Waals surface area contributed by atoms with E-state index in [0.717, 1.165) is 12.2 Å². The van der Waals surface area contributed by atoms with Crippen LogP contribution in [0.1, 0.15) is 67.4 Å². The maximum absolute atomic E-state index is 13.3. The van der Waals surface area contributed by atoms with Crippen LogP contribution in [0.25, 0.3) is 0 Å². The van der Waals surface area contributed by atoms with Crippen LogP contribution < -0.4 is 43.0 Å². The summed E-state index contributed by atoms with van der Waals surface area (Å²) in [5.74, 6) is -7.94. The minimum Gasteiger partial charge on any atom is -0.480 e. The van der Waals surface area contributed by atoms with Crippen molar-refractivity contribution in [3.05, 3.63) is 48.0 Å². The Morgan fingerprint density at radius 1 is 0.618 bits per heavy atom. The zero-order chi connectivity index (χ0) is 42.0. The Hall–Kier alpha value is -5.81. The molecule has 8 amide bonds. The molecule has 0 aliphatic heterocycles. The van der Waals surface area contributed by atoms with Crippen LogP contribution in [0.3, 0.4) is 0 Å². The molecular weight excluding hydrogens is 716 g/mol. The van der Waals surface area contributed by atoms with Gasteiger partial charge in [-0.05, 0) is 43.6 Å². The van der Waals surface area contributed by atoms with E-state index in [0.29, 0.717) is 5.56 Å². The van der Waals surface area contributed by atoms with E-state index in [1.165, 1.54) is 13.8 Å². The van der Waals surface area contributed by atoms with Crippen molar-refractivity contribution < 1.29 is 48.3 Å². The zero-order valence-electron chi connectivity index (χ0n) is 32.6. The number of benzene rings is 1. The highest BCUT2D eigenvalue weighted by atomic mass is 16.4. The number of carbonyl (C=O) groups excluding carboxylic acids is 8. The summed E-state index contributed by atoms with van der Waals surface area (Å²) in [5, 5.41) is 26.6. The van der Waals surface area contributed by atoms with E-state index in [9.17, 15) is 48.3 Å². The molecule has 0 radical (unpaired) electrons. The van der Waals surface area contributed by atoms with Crippen LogP contribution in [0.2, 0.25) is 0 Å². The number of carbonyl (C=O) groups is 9. The molecule has 1 aromatic carbocycles. The van der Waals surface area contributed by atoms with Crippen LogP contribution in [0.15, 0.2) is 42.5 Å². The van der Waals surface area contributed by atoms with Crippen molar-refractivity contribution >= 4 is 53.2 Å². The third kappa shape index (κ3) is 17.7. The monoisotopic (exact) mass is 772 g/mol. The Morgan fingerprint density at radius 2 is 1.13 bits per heavy atom. The minimum absolute atomic E-state index is 0.0302. The van der Waals surface area contributed by atoms with E-state index >= 15 is 0 Å². The van der Waals surface area contributed by atoms with E-state index in [1.807, 2.05) is 13.8 Å². The van der Waals surface area contributed by atoms with Gasteiger partial charge in [-0.1, -0.05) is 71.9 Å². The Kier molecular flexibility index (Phi) is 19.8. The molecule has 0 aromatic heterocycles. The van der Waals surface area contributed by atoms with E-state index in [-0.39, 0.29) is 24.7 Å². The molecule has 0 fully saturated rings. The molecule has 55 heavy (non-hydrogen) atoms. The highest BCUT2D eigenvalue weighted by Crippen LogP contribution is 2.10. The quantitative estimate of drug-likeness (QED) is 0.0634. The highest BCUT2D eigenvalue weighted by molar-refractivity contribution is 6.00. The smallest absolute Gasteiger partial charge is 0.326 e. The topological polar surface area (TPSA) is 284 Å². The first-order valence-corrected chi connectivity index (χ1v) is 18.0. The summed E-state index contributed by atoms with van der Waals surface area (Å²) in [6.07, 6.45) is 1.87. The van der Waals surface area contributed by atoms with Crippen LogP contribution in [0, 0.1) is 17.8 Å². The summed E-state index contributed by atoms with van der Waals surface area (Å²) >= 11 is 0. The van der Waals surface area contributed by atoms with E-state index in [1.54, 1.807) is 58.0 Å². The van der Waals surface area contributed by atoms with E-state index in [2.05, 4.69) is 37.2 Å². The highest BCUT2D eigenvalue weighted by Gasteiger charge is 2.32. The molecule has 18 nitrogen and oxygen atoms in total. The summed E-state index contributed by atoms with van der Waals surface area (Å²) in [4.78, 5) is 112. The fourth-order valence-electron chi connectivity index (χ4n) is 5.02. The van der Waals surface area contributed by atoms with Gasteiger partial charge in [0.25, 0.3) is 0 Å². The predicted molar refractivity (Wildman–Crippen MR) is 201 cm³/mol. The fourth-order valence-corrected chi connectivity index (χ4v) is 5.02. The first-order valence-electron chi connectivity index (χ1n) is 18.0. The first-order chi connectivity index (χ1) is 25.6. The second-order valence-electron chi connectivity index (χ2n) is 14.2. The first kappa shape index (κ1) is 47.2. The number of nitrogens with one attached hydrogen (secondary N) is 7. The Labute approximate surface area is 320 Å². The van der Waals surface area contributed by atoms with E-state index in [4.69, 9.17) is 5.73 Å². The molecule has 0 spiro atoms. The van der Waals surface area contributed by atoms with Gasteiger partial charge in [0, 0.05) is 18.6 Å². The molecule has 304 valence electrons. The molecule has 0 saturated carbocycles. The van der Waals surface area contributed by atoms with Crippen molar-refractivity contribution in [2.45, 2.75) is 104 Å². The van der Waals surface area contributed by atoms with Crippen LogP contribution in [-0.2, 0) is 49.6 Å². The summed E-state index contributed by atoms with van der Waals surface area (Å²) in [6, 6.07) is 2.01. The maximum Gasteiger partial charge on any atom is 0.326 e. The van der Waals surface area contributed by atoms with Crippen LogP contribution in [-0.4, -0.2) is 101 Å². The molecule has 6 unspecified atom stereocenters. The third-order valence-corrected chi connectivity index (χ3v) is 8.09. The van der Waals surface area contributed by atoms with Gasteiger partial charge in [0.05, 0.1) is 6.54 Å². The van der Waals surface area contributed by atoms with Gasteiger partial charge in [0.2, 0.25) is 47.3 Å². The molecule has 0 saturated heterocycles. The van der Waals surface area contributed by atoms with Crippen molar-refractivity contribution in [3.8, 4) is 0 Å². The van der Waals surface area contributed by atoms with Gasteiger partial charge in [0.1, 0.15) is 36.3 Å². The summed E-state index contributed by atoms with van der Waals surface area (Å²) in [6.45, 7) is 12.6. The number of hydrogen-bond acceptors (Lipinski definition) is 9. The average molecular weight is 773 g/mol. The summed E-state index contributed by atoms with van der Waals surface area (Å²) < 4.78 is 0. The van der Waals surface area contributed by atoms with Gasteiger partial charge in [-0.2, -0.15) is 0 Å².